The summed E-state index contributed by atoms with van der Waals surface area (Å²) in [6.07, 6.45) is 4.34. The molecule has 0 atom stereocenters. The number of aromatic nitrogens is 1. The first-order valence-corrected chi connectivity index (χ1v) is 3.05. The zero-order valence-corrected chi connectivity index (χ0v) is 5.77. The third kappa shape index (κ3) is 2.50. The Bertz CT molecular complexity index is 286. The highest BCUT2D eigenvalue weighted by atomic mass is 16.3. The molecule has 1 aromatic rings. The SMILES string of the molecule is N#Cc1ccccoccn1. The van der Waals surface area contributed by atoms with Crippen molar-refractivity contribution in [1.82, 2.24) is 4.98 Å². The van der Waals surface area contributed by atoms with Crippen LogP contribution in [0.4, 0.5) is 0 Å². The first kappa shape index (κ1) is 7.29. The molecule has 3 heteroatoms. The lowest BCUT2D eigenvalue weighted by Gasteiger charge is -1.73. The third-order valence-electron chi connectivity index (χ3n) is 0.990. The van der Waals surface area contributed by atoms with E-state index < -0.39 is 0 Å². The largest absolute Gasteiger partial charge is 0.471 e. The second-order valence-electron chi connectivity index (χ2n) is 1.74. The molecule has 0 bridgehead atoms. The number of nitriles is 1. The van der Waals surface area contributed by atoms with Crippen LogP contribution in [0.1, 0.15) is 5.69 Å². The molecule has 0 aliphatic rings. The number of rotatable bonds is 0. The molecule has 0 spiro atoms. The summed E-state index contributed by atoms with van der Waals surface area (Å²) in [5.74, 6) is 0. The Labute approximate surface area is 64.2 Å². The van der Waals surface area contributed by atoms with E-state index >= 15 is 0 Å². The van der Waals surface area contributed by atoms with Crippen molar-refractivity contribution in [2.24, 2.45) is 0 Å². The minimum Gasteiger partial charge on any atom is -0.471 e. The Morgan fingerprint density at radius 3 is 3.09 bits per heavy atom. The van der Waals surface area contributed by atoms with Gasteiger partial charge in [0.05, 0.1) is 12.5 Å². The van der Waals surface area contributed by atoms with Crippen molar-refractivity contribution in [3.8, 4) is 6.07 Å². The lowest BCUT2D eigenvalue weighted by molar-refractivity contribution is 0.552. The van der Waals surface area contributed by atoms with Gasteiger partial charge in [0, 0.05) is 0 Å². The Hall–Kier alpha value is -1.82. The summed E-state index contributed by atoms with van der Waals surface area (Å²) in [6, 6.07) is 6.90. The Morgan fingerprint density at radius 2 is 2.27 bits per heavy atom. The summed E-state index contributed by atoms with van der Waals surface area (Å²) >= 11 is 0. The van der Waals surface area contributed by atoms with Crippen LogP contribution in [-0.4, -0.2) is 4.98 Å². The summed E-state index contributed by atoms with van der Waals surface area (Å²) in [4.78, 5) is 3.78. The minimum absolute atomic E-state index is 0.358. The van der Waals surface area contributed by atoms with Crippen molar-refractivity contribution in [2.45, 2.75) is 0 Å². The summed E-state index contributed by atoms with van der Waals surface area (Å²) in [5, 5.41) is 8.47. The standard InChI is InChI=1S/C8H6N2O/c9-7-8-3-1-2-5-11-6-4-10-8/h1-6H. The van der Waals surface area contributed by atoms with E-state index in [-0.39, 0.29) is 0 Å². The molecule has 3 nitrogen and oxygen atoms in total. The average molecular weight is 146 g/mol. The van der Waals surface area contributed by atoms with Crippen molar-refractivity contribution >= 4 is 0 Å². The molecule has 11 heavy (non-hydrogen) atoms. The van der Waals surface area contributed by atoms with Crippen LogP contribution in [0.25, 0.3) is 0 Å². The maximum Gasteiger partial charge on any atom is 0.140 e. The first-order valence-electron chi connectivity index (χ1n) is 3.05. The fraction of sp³-hybridized carbons (Fsp3) is 0. The normalized spacial score (nSPS) is 7.91. The summed E-state index contributed by atoms with van der Waals surface area (Å²) < 4.78 is 4.82. The second-order valence-corrected chi connectivity index (χ2v) is 1.74. The highest BCUT2D eigenvalue weighted by Gasteiger charge is 1.79. The zero-order valence-electron chi connectivity index (χ0n) is 5.77. The smallest absolute Gasteiger partial charge is 0.140 e. The van der Waals surface area contributed by atoms with Gasteiger partial charge in [-0.15, -0.1) is 0 Å². The molecular weight excluding hydrogens is 140 g/mol. The summed E-state index contributed by atoms with van der Waals surface area (Å²) in [6.45, 7) is 0. The van der Waals surface area contributed by atoms with Crippen LogP contribution in [-0.2, 0) is 0 Å². The van der Waals surface area contributed by atoms with Gasteiger partial charge in [-0.1, -0.05) is 6.07 Å². The first-order chi connectivity index (χ1) is 5.43. The van der Waals surface area contributed by atoms with Crippen LogP contribution in [0.5, 0.6) is 0 Å². The van der Waals surface area contributed by atoms with Crippen molar-refractivity contribution in [3.63, 3.8) is 0 Å². The van der Waals surface area contributed by atoms with Gasteiger partial charge in [-0.2, -0.15) is 5.26 Å². The molecule has 0 aromatic carbocycles. The minimum atomic E-state index is 0.358. The Kier molecular flexibility index (Phi) is 2.70. The average Bonchev–Trinajstić information content (AvgIpc) is 2.16. The van der Waals surface area contributed by atoms with Gasteiger partial charge >= 0.3 is 0 Å². The molecule has 0 radical (unpaired) electrons. The van der Waals surface area contributed by atoms with Crippen LogP contribution < -0.4 is 0 Å². The molecular formula is C8H6N2O. The monoisotopic (exact) mass is 146 g/mol. The Balaban J connectivity index is 3.20. The van der Waals surface area contributed by atoms with Gasteiger partial charge in [-0.25, -0.2) is 4.98 Å². The van der Waals surface area contributed by atoms with E-state index in [9.17, 15) is 0 Å². The molecule has 0 saturated heterocycles. The molecule has 0 aliphatic heterocycles. The molecule has 0 amide bonds. The van der Waals surface area contributed by atoms with Gasteiger partial charge in [0.25, 0.3) is 0 Å². The Morgan fingerprint density at radius 1 is 1.36 bits per heavy atom. The molecule has 1 aromatic heterocycles. The van der Waals surface area contributed by atoms with Gasteiger partial charge in [0.1, 0.15) is 18.0 Å². The van der Waals surface area contributed by atoms with Crippen molar-refractivity contribution in [1.29, 1.82) is 5.26 Å². The molecule has 0 aliphatic carbocycles. The highest BCUT2D eigenvalue weighted by Crippen LogP contribution is 1.85. The van der Waals surface area contributed by atoms with Gasteiger partial charge in [-0.3, -0.25) is 0 Å². The summed E-state index contributed by atoms with van der Waals surface area (Å²) in [7, 11) is 0. The topological polar surface area (TPSA) is 49.8 Å². The van der Waals surface area contributed by atoms with Crippen molar-refractivity contribution < 1.29 is 4.42 Å². The molecule has 54 valence electrons. The van der Waals surface area contributed by atoms with E-state index in [0.29, 0.717) is 5.69 Å². The lowest BCUT2D eigenvalue weighted by atomic mass is 10.4. The van der Waals surface area contributed by atoms with E-state index in [1.54, 1.807) is 18.2 Å². The van der Waals surface area contributed by atoms with Gasteiger partial charge < -0.3 is 4.42 Å². The maximum atomic E-state index is 8.47. The predicted octanol–water partition coefficient (Wildman–Crippen LogP) is 1.67. The van der Waals surface area contributed by atoms with E-state index in [4.69, 9.17) is 9.68 Å². The molecule has 1 rings (SSSR count). The van der Waals surface area contributed by atoms with Crippen LogP contribution >= 0.6 is 0 Å². The number of nitrogens with zero attached hydrogens (tertiary/aromatic N) is 2. The zero-order chi connectivity index (χ0) is 7.94. The quantitative estimate of drug-likeness (QED) is 0.559. The van der Waals surface area contributed by atoms with E-state index in [1.165, 1.54) is 18.7 Å². The van der Waals surface area contributed by atoms with Gasteiger partial charge in [0.15, 0.2) is 0 Å². The second kappa shape index (κ2) is 4.07. The fourth-order valence-electron chi connectivity index (χ4n) is 0.538. The molecule has 0 saturated carbocycles. The van der Waals surface area contributed by atoms with Crippen molar-refractivity contribution in [2.75, 3.05) is 0 Å². The van der Waals surface area contributed by atoms with Crippen LogP contribution in [0.3, 0.4) is 0 Å². The molecule has 1 heterocycles. The number of hydrogen-bond acceptors (Lipinski definition) is 3. The molecule has 0 unspecified atom stereocenters. The molecule has 0 fully saturated rings. The highest BCUT2D eigenvalue weighted by molar-refractivity contribution is 5.16. The van der Waals surface area contributed by atoms with E-state index in [2.05, 4.69) is 4.98 Å². The van der Waals surface area contributed by atoms with Gasteiger partial charge in [0.2, 0.25) is 0 Å². The fourth-order valence-corrected chi connectivity index (χ4v) is 0.538. The predicted molar refractivity (Wildman–Crippen MR) is 38.8 cm³/mol. The van der Waals surface area contributed by atoms with Gasteiger partial charge in [-0.05, 0) is 12.1 Å². The van der Waals surface area contributed by atoms with E-state index in [0.717, 1.165) is 0 Å². The van der Waals surface area contributed by atoms with Crippen LogP contribution in [0.15, 0.2) is 41.3 Å². The summed E-state index contributed by atoms with van der Waals surface area (Å²) in [5.41, 5.74) is 0.358. The van der Waals surface area contributed by atoms with Crippen LogP contribution in [0.2, 0.25) is 0 Å². The lowest BCUT2D eigenvalue weighted by Crippen LogP contribution is -1.71. The molecule has 0 N–H and O–H groups in total. The van der Waals surface area contributed by atoms with Crippen LogP contribution in [0, 0.1) is 11.3 Å². The number of hydrogen-bond donors (Lipinski definition) is 0. The third-order valence-corrected chi connectivity index (χ3v) is 0.990. The van der Waals surface area contributed by atoms with E-state index in [1.807, 2.05) is 6.07 Å². The van der Waals surface area contributed by atoms with Crippen molar-refractivity contribution in [3.05, 3.63) is 42.6 Å². The maximum absolute atomic E-state index is 8.47.